The van der Waals surface area contributed by atoms with E-state index in [4.69, 9.17) is 23.2 Å². The first-order chi connectivity index (χ1) is 13.2. The van der Waals surface area contributed by atoms with Crippen molar-refractivity contribution >= 4 is 40.9 Å². The number of phenolic OH excluding ortho intramolecular Hbond substituents is 1. The lowest BCUT2D eigenvalue weighted by atomic mass is 10.0. The highest BCUT2D eigenvalue weighted by molar-refractivity contribution is 6.32. The Kier molecular flexibility index (Phi) is 6.68. The van der Waals surface area contributed by atoms with Gasteiger partial charge in [-0.25, -0.2) is 4.39 Å². The number of hydrogen-bond donors (Lipinski definition) is 2. The SMILES string of the molecule is C=Cc1cc(/C(O)=C(\C#N)C(=O)N(C)Cc2cc(Cl)ccc2F)cc(Cl)c1O. The summed E-state index contributed by atoms with van der Waals surface area (Å²) in [6.45, 7) is 3.35. The van der Waals surface area contributed by atoms with Crippen molar-refractivity contribution < 1.29 is 19.4 Å². The first-order valence-corrected chi connectivity index (χ1v) is 8.63. The van der Waals surface area contributed by atoms with E-state index in [0.717, 1.165) is 4.90 Å². The van der Waals surface area contributed by atoms with Gasteiger partial charge in [-0.15, -0.1) is 0 Å². The normalized spacial score (nSPS) is 11.4. The molecule has 2 rings (SSSR count). The van der Waals surface area contributed by atoms with E-state index >= 15 is 0 Å². The Morgan fingerprint density at radius 3 is 2.64 bits per heavy atom. The molecule has 5 nitrogen and oxygen atoms in total. The summed E-state index contributed by atoms with van der Waals surface area (Å²) in [6, 6.07) is 8.10. The summed E-state index contributed by atoms with van der Waals surface area (Å²) in [5.74, 6) is -2.26. The third-order valence-electron chi connectivity index (χ3n) is 3.91. The van der Waals surface area contributed by atoms with E-state index in [2.05, 4.69) is 6.58 Å². The topological polar surface area (TPSA) is 84.6 Å². The highest BCUT2D eigenvalue weighted by Gasteiger charge is 2.22. The van der Waals surface area contributed by atoms with Crippen LogP contribution in [0.15, 0.2) is 42.5 Å². The smallest absolute Gasteiger partial charge is 0.268 e. The van der Waals surface area contributed by atoms with Crippen LogP contribution in [0.1, 0.15) is 16.7 Å². The average molecular weight is 421 g/mol. The Morgan fingerprint density at radius 1 is 1.36 bits per heavy atom. The summed E-state index contributed by atoms with van der Waals surface area (Å²) >= 11 is 11.8. The fraction of sp³-hybridized carbons (Fsp3) is 0.100. The quantitative estimate of drug-likeness (QED) is 0.407. The number of aromatic hydroxyl groups is 1. The van der Waals surface area contributed by atoms with Crippen molar-refractivity contribution in [1.29, 1.82) is 5.26 Å². The van der Waals surface area contributed by atoms with Crippen LogP contribution in [0.25, 0.3) is 11.8 Å². The molecule has 0 unspecified atom stereocenters. The number of aliphatic hydroxyl groups is 1. The molecule has 144 valence electrons. The van der Waals surface area contributed by atoms with Crippen LogP contribution in [0, 0.1) is 17.1 Å². The van der Waals surface area contributed by atoms with Gasteiger partial charge in [0.05, 0.1) is 5.02 Å². The molecule has 0 saturated heterocycles. The average Bonchev–Trinajstić information content (AvgIpc) is 2.66. The standard InChI is InChI=1S/C20H15Cl2FN2O3/c1-3-11-6-12(8-16(22)19(11)27)18(26)15(9-24)20(28)25(2)10-13-7-14(21)4-5-17(13)23/h3-8,26-27H,1,10H2,2H3/b18-15-. The Morgan fingerprint density at radius 2 is 2.04 bits per heavy atom. The summed E-state index contributed by atoms with van der Waals surface area (Å²) < 4.78 is 13.9. The van der Waals surface area contributed by atoms with E-state index in [1.54, 1.807) is 6.07 Å². The van der Waals surface area contributed by atoms with Crippen molar-refractivity contribution in [3.63, 3.8) is 0 Å². The molecular formula is C20H15Cl2FN2O3. The largest absolute Gasteiger partial charge is 0.506 e. The number of carbonyl (C=O) groups excluding carboxylic acids is 1. The van der Waals surface area contributed by atoms with Gasteiger partial charge in [0.2, 0.25) is 0 Å². The van der Waals surface area contributed by atoms with Crippen molar-refractivity contribution in [3.05, 3.63) is 75.0 Å². The zero-order valence-corrected chi connectivity index (χ0v) is 16.2. The van der Waals surface area contributed by atoms with Gasteiger partial charge in [-0.05, 0) is 30.3 Å². The van der Waals surface area contributed by atoms with Crippen molar-refractivity contribution in [2.24, 2.45) is 0 Å². The molecule has 0 saturated carbocycles. The van der Waals surface area contributed by atoms with Crippen LogP contribution < -0.4 is 0 Å². The minimum Gasteiger partial charge on any atom is -0.506 e. The second-order valence-corrected chi connectivity index (χ2v) is 6.68. The van der Waals surface area contributed by atoms with E-state index in [1.165, 1.54) is 43.5 Å². The van der Waals surface area contributed by atoms with Crippen molar-refractivity contribution in [2.75, 3.05) is 7.05 Å². The lowest BCUT2D eigenvalue weighted by molar-refractivity contribution is -0.126. The molecule has 0 fully saturated rings. The lowest BCUT2D eigenvalue weighted by Gasteiger charge is -2.18. The molecule has 0 aromatic heterocycles. The van der Waals surface area contributed by atoms with Crippen molar-refractivity contribution in [1.82, 2.24) is 4.90 Å². The van der Waals surface area contributed by atoms with Crippen LogP contribution in [0.2, 0.25) is 10.0 Å². The van der Waals surface area contributed by atoms with Gasteiger partial charge >= 0.3 is 0 Å². The number of aliphatic hydroxyl groups excluding tert-OH is 1. The number of hydrogen-bond acceptors (Lipinski definition) is 4. The number of rotatable bonds is 5. The molecule has 2 aromatic carbocycles. The Hall–Kier alpha value is -3.01. The Bertz CT molecular complexity index is 1030. The number of carbonyl (C=O) groups is 1. The highest BCUT2D eigenvalue weighted by Crippen LogP contribution is 2.32. The van der Waals surface area contributed by atoms with Crippen LogP contribution in [0.4, 0.5) is 4.39 Å². The number of halogens is 3. The molecule has 0 bridgehead atoms. The van der Waals surface area contributed by atoms with Gasteiger partial charge in [0.1, 0.15) is 23.4 Å². The zero-order chi connectivity index (χ0) is 21.0. The number of nitrogens with zero attached hydrogens (tertiary/aromatic N) is 2. The van der Waals surface area contributed by atoms with Crippen LogP contribution in [-0.2, 0) is 11.3 Å². The van der Waals surface area contributed by atoms with Gasteiger partial charge in [0.25, 0.3) is 5.91 Å². The molecule has 2 N–H and O–H groups in total. The van der Waals surface area contributed by atoms with Crippen LogP contribution >= 0.6 is 23.2 Å². The summed E-state index contributed by atoms with van der Waals surface area (Å²) in [5.41, 5.74) is -0.151. The van der Waals surface area contributed by atoms with Gasteiger partial charge in [-0.1, -0.05) is 35.9 Å². The van der Waals surface area contributed by atoms with Gasteiger partial charge < -0.3 is 15.1 Å². The second-order valence-electron chi connectivity index (χ2n) is 5.83. The predicted octanol–water partition coefficient (Wildman–Crippen LogP) is 4.93. The number of nitriles is 1. The van der Waals surface area contributed by atoms with Gasteiger partial charge in [0, 0.05) is 35.3 Å². The fourth-order valence-electron chi connectivity index (χ4n) is 2.44. The van der Waals surface area contributed by atoms with Gasteiger partial charge in [-0.2, -0.15) is 5.26 Å². The molecule has 0 aliphatic heterocycles. The summed E-state index contributed by atoms with van der Waals surface area (Å²) in [6.07, 6.45) is 1.31. The first kappa shape index (κ1) is 21.3. The molecule has 0 heterocycles. The minimum atomic E-state index is -0.830. The van der Waals surface area contributed by atoms with E-state index in [1.807, 2.05) is 0 Å². The molecule has 0 spiro atoms. The molecule has 2 aromatic rings. The second kappa shape index (κ2) is 8.79. The first-order valence-electron chi connectivity index (χ1n) is 7.87. The van der Waals surface area contributed by atoms with Crippen LogP contribution in [0.3, 0.4) is 0 Å². The maximum absolute atomic E-state index is 13.9. The number of likely N-dealkylation sites (N-methyl/N-ethyl adjacent to an activating group) is 1. The number of phenols is 1. The number of benzene rings is 2. The van der Waals surface area contributed by atoms with E-state index in [-0.39, 0.29) is 34.0 Å². The molecule has 8 heteroatoms. The third kappa shape index (κ3) is 4.45. The Labute approximate surface area is 171 Å². The maximum atomic E-state index is 13.9. The third-order valence-corrected chi connectivity index (χ3v) is 4.43. The van der Waals surface area contributed by atoms with Crippen LogP contribution in [-0.4, -0.2) is 28.1 Å². The lowest BCUT2D eigenvalue weighted by Crippen LogP contribution is -2.28. The Balaban J connectivity index is 2.41. The van der Waals surface area contributed by atoms with Crippen LogP contribution in [0.5, 0.6) is 5.75 Å². The minimum absolute atomic E-state index is 0.0462. The molecule has 1 amide bonds. The fourth-order valence-corrected chi connectivity index (χ4v) is 2.86. The van der Waals surface area contributed by atoms with E-state index in [9.17, 15) is 24.7 Å². The maximum Gasteiger partial charge on any atom is 0.268 e. The molecular weight excluding hydrogens is 406 g/mol. The zero-order valence-electron chi connectivity index (χ0n) is 14.7. The number of amides is 1. The summed E-state index contributed by atoms with van der Waals surface area (Å²) in [4.78, 5) is 13.7. The van der Waals surface area contributed by atoms with Gasteiger partial charge in [-0.3, -0.25) is 4.79 Å². The molecule has 0 atom stereocenters. The summed E-state index contributed by atoms with van der Waals surface area (Å²) in [5, 5.41) is 29.9. The van der Waals surface area contributed by atoms with Crippen molar-refractivity contribution in [2.45, 2.75) is 6.54 Å². The van der Waals surface area contributed by atoms with Crippen molar-refractivity contribution in [3.8, 4) is 11.8 Å². The molecule has 0 aliphatic rings. The molecule has 0 aliphatic carbocycles. The van der Waals surface area contributed by atoms with Gasteiger partial charge in [0.15, 0.2) is 5.57 Å². The monoisotopic (exact) mass is 420 g/mol. The summed E-state index contributed by atoms with van der Waals surface area (Å²) in [7, 11) is 1.35. The van der Waals surface area contributed by atoms with E-state index in [0.29, 0.717) is 5.02 Å². The molecule has 0 radical (unpaired) electrons. The highest BCUT2D eigenvalue weighted by atomic mass is 35.5. The molecule has 28 heavy (non-hydrogen) atoms. The predicted molar refractivity (Wildman–Crippen MR) is 106 cm³/mol. The van der Waals surface area contributed by atoms with E-state index < -0.39 is 23.1 Å².